The zero-order chi connectivity index (χ0) is 12.2. The maximum atomic E-state index is 13.6. The van der Waals surface area contributed by atoms with E-state index in [0.29, 0.717) is 17.9 Å². The molecule has 2 aliphatic carbocycles. The van der Waals surface area contributed by atoms with E-state index in [2.05, 4.69) is 0 Å². The molecule has 0 aromatic heterocycles. The van der Waals surface area contributed by atoms with Gasteiger partial charge in [0.1, 0.15) is 5.82 Å². The van der Waals surface area contributed by atoms with E-state index in [1.165, 1.54) is 6.42 Å². The number of hydrogen-bond acceptors (Lipinski definition) is 0. The van der Waals surface area contributed by atoms with Crippen LogP contribution in [0.3, 0.4) is 0 Å². The van der Waals surface area contributed by atoms with Gasteiger partial charge in [-0.3, -0.25) is 0 Å². The molecule has 1 aromatic carbocycles. The molecule has 0 radical (unpaired) electrons. The first-order chi connectivity index (χ1) is 8.09. The second-order valence-corrected chi connectivity index (χ2v) is 5.50. The number of fused-ring (bicyclic) bond motifs is 1. The molecule has 0 saturated heterocycles. The minimum absolute atomic E-state index is 0.102. The van der Waals surface area contributed by atoms with Crippen LogP contribution in [-0.2, 0) is 0 Å². The fraction of sp³-hybridized carbons (Fsp3) is 0.538. The Kier molecular flexibility index (Phi) is 2.62. The number of hydrogen-bond donors (Lipinski definition) is 0. The molecular weight excluding hydrogens is 249 g/mol. The summed E-state index contributed by atoms with van der Waals surface area (Å²) in [6, 6.07) is 1.48. The quantitative estimate of drug-likeness (QED) is 0.545. The lowest BCUT2D eigenvalue weighted by Crippen LogP contribution is -2.03. The number of alkyl halides is 1. The van der Waals surface area contributed by atoms with Crippen molar-refractivity contribution in [2.24, 2.45) is 17.8 Å². The first kappa shape index (κ1) is 11.4. The number of halogens is 4. The van der Waals surface area contributed by atoms with Gasteiger partial charge in [0, 0.05) is 11.6 Å². The smallest absolute Gasteiger partial charge is 0.161 e. The average molecular weight is 261 g/mol. The van der Waals surface area contributed by atoms with Crippen LogP contribution in [0.5, 0.6) is 0 Å². The number of benzene rings is 1. The van der Waals surface area contributed by atoms with Gasteiger partial charge in [0.2, 0.25) is 0 Å². The summed E-state index contributed by atoms with van der Waals surface area (Å²) in [5, 5.41) is -0.527. The van der Waals surface area contributed by atoms with Gasteiger partial charge < -0.3 is 0 Å². The SMILES string of the molecule is Fc1cc(F)c(C(Cl)C2C3CCCC32)cc1F. The average Bonchev–Trinajstić information content (AvgIpc) is 2.76. The standard InChI is InChI=1S/C13H12ClF3/c14-13(12-6-2-1-3-7(6)12)8-4-10(16)11(17)5-9(8)15/h4-7,12-13H,1-3H2. The van der Waals surface area contributed by atoms with Gasteiger partial charge in [-0.1, -0.05) is 6.42 Å². The van der Waals surface area contributed by atoms with Crippen LogP contribution in [0, 0.1) is 35.2 Å². The Labute approximate surface area is 103 Å². The van der Waals surface area contributed by atoms with Gasteiger partial charge in [-0.05, 0) is 36.7 Å². The van der Waals surface area contributed by atoms with Gasteiger partial charge in [0.15, 0.2) is 11.6 Å². The van der Waals surface area contributed by atoms with Gasteiger partial charge in [-0.25, -0.2) is 13.2 Å². The maximum Gasteiger partial charge on any atom is 0.161 e. The molecule has 2 saturated carbocycles. The number of rotatable bonds is 2. The minimum Gasteiger partial charge on any atom is -0.207 e. The zero-order valence-corrected chi connectivity index (χ0v) is 9.85. The summed E-state index contributed by atoms with van der Waals surface area (Å²) in [4.78, 5) is 0. The van der Waals surface area contributed by atoms with E-state index in [-0.39, 0.29) is 11.5 Å². The molecular formula is C13H12ClF3. The van der Waals surface area contributed by atoms with Crippen LogP contribution in [-0.4, -0.2) is 0 Å². The van der Waals surface area contributed by atoms with Crippen LogP contribution in [0.25, 0.3) is 0 Å². The second-order valence-electron chi connectivity index (χ2n) is 5.03. The molecule has 3 atom stereocenters. The summed E-state index contributed by atoms with van der Waals surface area (Å²) in [7, 11) is 0. The summed E-state index contributed by atoms with van der Waals surface area (Å²) in [5.74, 6) is -1.57. The highest BCUT2D eigenvalue weighted by Gasteiger charge is 2.56. The van der Waals surface area contributed by atoms with E-state index in [9.17, 15) is 13.2 Å². The topological polar surface area (TPSA) is 0 Å². The second kappa shape index (κ2) is 3.91. The Balaban J connectivity index is 1.87. The van der Waals surface area contributed by atoms with Gasteiger partial charge >= 0.3 is 0 Å². The predicted molar refractivity (Wildman–Crippen MR) is 59.2 cm³/mol. The summed E-state index contributed by atoms with van der Waals surface area (Å²) < 4.78 is 39.5. The van der Waals surface area contributed by atoms with Gasteiger partial charge in [-0.15, -0.1) is 11.6 Å². The molecule has 0 heterocycles. The van der Waals surface area contributed by atoms with Crippen LogP contribution in [0.1, 0.15) is 30.2 Å². The van der Waals surface area contributed by atoms with E-state index in [1.807, 2.05) is 0 Å². The monoisotopic (exact) mass is 260 g/mol. The predicted octanol–water partition coefficient (Wildman–Crippen LogP) is 4.43. The summed E-state index contributed by atoms with van der Waals surface area (Å²) >= 11 is 6.21. The maximum absolute atomic E-state index is 13.6. The van der Waals surface area contributed by atoms with Crippen LogP contribution in [0.4, 0.5) is 13.2 Å². The van der Waals surface area contributed by atoms with Gasteiger partial charge in [0.05, 0.1) is 5.38 Å². The van der Waals surface area contributed by atoms with Crippen molar-refractivity contribution >= 4 is 11.6 Å². The van der Waals surface area contributed by atoms with Crippen molar-refractivity contribution in [2.75, 3.05) is 0 Å². The van der Waals surface area contributed by atoms with Crippen molar-refractivity contribution < 1.29 is 13.2 Å². The minimum atomic E-state index is -1.16. The largest absolute Gasteiger partial charge is 0.207 e. The molecule has 3 rings (SSSR count). The van der Waals surface area contributed by atoms with Crippen LogP contribution < -0.4 is 0 Å². The lowest BCUT2D eigenvalue weighted by molar-refractivity contribution is 0.482. The highest BCUT2D eigenvalue weighted by Crippen LogP contribution is 2.64. The molecule has 0 spiro atoms. The van der Waals surface area contributed by atoms with Crippen molar-refractivity contribution in [3.8, 4) is 0 Å². The highest BCUT2D eigenvalue weighted by atomic mass is 35.5. The van der Waals surface area contributed by atoms with Crippen molar-refractivity contribution in [2.45, 2.75) is 24.6 Å². The van der Waals surface area contributed by atoms with E-state index >= 15 is 0 Å². The molecule has 0 nitrogen and oxygen atoms in total. The van der Waals surface area contributed by atoms with Crippen LogP contribution in [0.2, 0.25) is 0 Å². The summed E-state index contributed by atoms with van der Waals surface area (Å²) in [6.45, 7) is 0. The molecule has 1 aromatic rings. The molecule has 92 valence electrons. The third kappa shape index (κ3) is 1.75. The van der Waals surface area contributed by atoms with Crippen LogP contribution >= 0.6 is 11.6 Å². The first-order valence-corrected chi connectivity index (χ1v) is 6.31. The normalized spacial score (nSPS) is 32.4. The molecule has 0 aliphatic heterocycles. The molecule has 4 heteroatoms. The Morgan fingerprint density at radius 3 is 2.24 bits per heavy atom. The molecule has 2 aliphatic rings. The zero-order valence-electron chi connectivity index (χ0n) is 9.10. The molecule has 0 bridgehead atoms. The summed E-state index contributed by atoms with van der Waals surface area (Å²) in [5.41, 5.74) is 0.102. The first-order valence-electron chi connectivity index (χ1n) is 5.88. The van der Waals surface area contributed by atoms with Crippen molar-refractivity contribution in [1.29, 1.82) is 0 Å². The van der Waals surface area contributed by atoms with Gasteiger partial charge in [-0.2, -0.15) is 0 Å². The van der Waals surface area contributed by atoms with Crippen LogP contribution in [0.15, 0.2) is 12.1 Å². The molecule has 17 heavy (non-hydrogen) atoms. The van der Waals surface area contributed by atoms with E-state index in [0.717, 1.165) is 18.9 Å². The van der Waals surface area contributed by atoms with Gasteiger partial charge in [0.25, 0.3) is 0 Å². The third-order valence-corrected chi connectivity index (χ3v) is 4.67. The highest BCUT2D eigenvalue weighted by molar-refractivity contribution is 6.21. The Bertz CT molecular complexity index is 450. The van der Waals surface area contributed by atoms with E-state index in [1.54, 1.807) is 0 Å². The fourth-order valence-corrected chi connectivity index (χ4v) is 3.81. The summed E-state index contributed by atoms with van der Waals surface area (Å²) in [6.07, 6.45) is 3.46. The Morgan fingerprint density at radius 2 is 1.59 bits per heavy atom. The third-order valence-electron chi connectivity index (χ3n) is 4.15. The van der Waals surface area contributed by atoms with Crippen molar-refractivity contribution in [1.82, 2.24) is 0 Å². The molecule has 0 N–H and O–H groups in total. The van der Waals surface area contributed by atoms with E-state index < -0.39 is 22.8 Å². The molecule has 0 amide bonds. The Morgan fingerprint density at radius 1 is 1.00 bits per heavy atom. The lowest BCUT2D eigenvalue weighted by Gasteiger charge is -2.13. The Hall–Kier alpha value is -0.700. The molecule has 2 fully saturated rings. The fourth-order valence-electron chi connectivity index (χ4n) is 3.27. The van der Waals surface area contributed by atoms with Crippen molar-refractivity contribution in [3.05, 3.63) is 35.1 Å². The lowest BCUT2D eigenvalue weighted by atomic mass is 10.0. The molecule has 3 unspecified atom stereocenters. The van der Waals surface area contributed by atoms with Crippen molar-refractivity contribution in [3.63, 3.8) is 0 Å². The van der Waals surface area contributed by atoms with E-state index in [4.69, 9.17) is 11.6 Å².